The first-order valence-corrected chi connectivity index (χ1v) is 16.1. The number of anilines is 1. The van der Waals surface area contributed by atoms with Gasteiger partial charge in [-0.15, -0.1) is 5.10 Å². The van der Waals surface area contributed by atoms with Gasteiger partial charge in [0.1, 0.15) is 5.82 Å². The molecule has 0 spiro atoms. The van der Waals surface area contributed by atoms with Crippen LogP contribution in [0.4, 0.5) is 19.0 Å². The minimum Gasteiger partial charge on any atom is -0.416 e. The Morgan fingerprint density at radius 2 is 1.76 bits per heavy atom. The Morgan fingerprint density at radius 1 is 1.08 bits per heavy atom. The zero-order chi connectivity index (χ0) is 27.9. The van der Waals surface area contributed by atoms with Crippen molar-refractivity contribution in [3.8, 4) is 0 Å². The van der Waals surface area contributed by atoms with Gasteiger partial charge in [-0.05, 0) is 60.8 Å². The van der Waals surface area contributed by atoms with Crippen molar-refractivity contribution < 1.29 is 22.3 Å². The van der Waals surface area contributed by atoms with Crippen molar-refractivity contribution in [3.05, 3.63) is 57.9 Å². The standard InChI is InChI=1S/C28H39F3N4O2Si/c1-19-17-25(34-12-15-36-16-13-34)33-35-24(18-21-9-8-10-22(20(21)2)28(29,30)31)23(32-26(19)35)11-14-37-38(6,7)27(3,4)5/h8-10,17H,11-16,18H2,1-7H3. The Labute approximate surface area is 224 Å². The number of nitrogens with zero attached hydrogens (tertiary/aromatic N) is 4. The van der Waals surface area contributed by atoms with Crippen molar-refractivity contribution in [3.63, 3.8) is 0 Å². The Bertz CT molecular complexity index is 1290. The maximum atomic E-state index is 13.7. The Balaban J connectivity index is 1.76. The molecular formula is C28H39F3N4O2Si. The van der Waals surface area contributed by atoms with E-state index in [0.717, 1.165) is 47.6 Å². The van der Waals surface area contributed by atoms with Crippen LogP contribution in [0.5, 0.6) is 0 Å². The third-order valence-corrected chi connectivity index (χ3v) is 12.5. The molecule has 1 aliphatic rings. The minimum absolute atomic E-state index is 0.0785. The summed E-state index contributed by atoms with van der Waals surface area (Å²) in [5.74, 6) is 0.821. The first-order valence-electron chi connectivity index (χ1n) is 13.2. The van der Waals surface area contributed by atoms with Crippen molar-refractivity contribution in [2.45, 2.75) is 71.8 Å². The number of halogens is 3. The molecule has 3 heterocycles. The number of imidazole rings is 1. The van der Waals surface area contributed by atoms with E-state index in [1.807, 2.05) is 17.5 Å². The molecule has 3 aromatic rings. The number of hydrogen-bond acceptors (Lipinski definition) is 5. The zero-order valence-corrected chi connectivity index (χ0v) is 24.5. The van der Waals surface area contributed by atoms with E-state index >= 15 is 0 Å². The average molecular weight is 549 g/mol. The number of fused-ring (bicyclic) bond motifs is 1. The third-order valence-electron chi connectivity index (χ3n) is 7.98. The lowest BCUT2D eigenvalue weighted by Gasteiger charge is -2.36. The fraction of sp³-hybridized carbons (Fsp3) is 0.571. The number of morpholine rings is 1. The summed E-state index contributed by atoms with van der Waals surface area (Å²) in [6, 6.07) is 6.41. The second kappa shape index (κ2) is 10.6. The summed E-state index contributed by atoms with van der Waals surface area (Å²) in [6.07, 6.45) is -3.54. The molecule has 0 saturated carbocycles. The smallest absolute Gasteiger partial charge is 0.416 e. The van der Waals surface area contributed by atoms with E-state index in [9.17, 15) is 13.2 Å². The summed E-state index contributed by atoms with van der Waals surface area (Å²) in [5.41, 5.74) is 3.56. The van der Waals surface area contributed by atoms with Gasteiger partial charge in [0.15, 0.2) is 14.0 Å². The van der Waals surface area contributed by atoms with Gasteiger partial charge in [-0.3, -0.25) is 0 Å². The van der Waals surface area contributed by atoms with Gasteiger partial charge in [0.25, 0.3) is 0 Å². The fourth-order valence-corrected chi connectivity index (χ4v) is 5.59. The van der Waals surface area contributed by atoms with E-state index in [-0.39, 0.29) is 10.6 Å². The SMILES string of the molecule is Cc1c(Cc2c(CCO[Si](C)(C)C(C)(C)C)nc3c(C)cc(N4CCOCC4)nn23)cccc1C(F)(F)F. The van der Waals surface area contributed by atoms with Crippen LogP contribution in [0, 0.1) is 13.8 Å². The van der Waals surface area contributed by atoms with Crippen molar-refractivity contribution >= 4 is 19.8 Å². The van der Waals surface area contributed by atoms with Gasteiger partial charge >= 0.3 is 6.18 Å². The molecule has 6 nitrogen and oxygen atoms in total. The molecule has 1 fully saturated rings. The molecule has 4 rings (SSSR count). The van der Waals surface area contributed by atoms with Gasteiger partial charge in [0, 0.05) is 32.5 Å². The van der Waals surface area contributed by atoms with Crippen molar-refractivity contribution in [1.29, 1.82) is 0 Å². The molecule has 0 radical (unpaired) electrons. The van der Waals surface area contributed by atoms with Gasteiger partial charge in [0.2, 0.25) is 0 Å². The summed E-state index contributed by atoms with van der Waals surface area (Å²) in [7, 11) is -1.96. The molecule has 0 aliphatic carbocycles. The molecule has 2 aromatic heterocycles. The number of alkyl halides is 3. The largest absolute Gasteiger partial charge is 0.416 e. The van der Waals surface area contributed by atoms with Crippen LogP contribution in [-0.4, -0.2) is 55.8 Å². The van der Waals surface area contributed by atoms with Gasteiger partial charge < -0.3 is 14.1 Å². The Morgan fingerprint density at radius 3 is 2.39 bits per heavy atom. The lowest BCUT2D eigenvalue weighted by atomic mass is 9.97. The molecule has 0 amide bonds. The van der Waals surface area contributed by atoms with E-state index in [2.05, 4.69) is 38.8 Å². The van der Waals surface area contributed by atoms with Crippen LogP contribution in [0.1, 0.15) is 54.4 Å². The van der Waals surface area contributed by atoms with Crippen LogP contribution in [0.25, 0.3) is 5.65 Å². The van der Waals surface area contributed by atoms with E-state index in [0.29, 0.717) is 38.2 Å². The molecule has 1 aliphatic heterocycles. The number of hydrogen-bond donors (Lipinski definition) is 0. The Kier molecular flexibility index (Phi) is 7.98. The van der Waals surface area contributed by atoms with Crippen LogP contribution in [0.15, 0.2) is 24.3 Å². The Hall–Kier alpha value is -2.43. The highest BCUT2D eigenvalue weighted by Gasteiger charge is 2.37. The van der Waals surface area contributed by atoms with Crippen LogP contribution < -0.4 is 4.90 Å². The molecule has 0 unspecified atom stereocenters. The predicted octanol–water partition coefficient (Wildman–Crippen LogP) is 6.36. The molecule has 0 bridgehead atoms. The minimum atomic E-state index is -4.41. The van der Waals surface area contributed by atoms with Gasteiger partial charge in [-0.1, -0.05) is 32.9 Å². The first-order chi connectivity index (χ1) is 17.7. The van der Waals surface area contributed by atoms with E-state index in [1.54, 1.807) is 13.0 Å². The molecule has 0 atom stereocenters. The van der Waals surface area contributed by atoms with Crippen molar-refractivity contribution in [1.82, 2.24) is 14.6 Å². The van der Waals surface area contributed by atoms with Gasteiger partial charge in [0.05, 0.1) is 30.2 Å². The third kappa shape index (κ3) is 5.92. The van der Waals surface area contributed by atoms with Gasteiger partial charge in [-0.2, -0.15) is 13.2 Å². The van der Waals surface area contributed by atoms with Crippen LogP contribution in [0.2, 0.25) is 18.1 Å². The second-order valence-electron chi connectivity index (χ2n) is 11.6. The summed E-state index contributed by atoms with van der Waals surface area (Å²) < 4.78 is 54.8. The van der Waals surface area contributed by atoms with Crippen LogP contribution in [0.3, 0.4) is 0 Å². The number of benzene rings is 1. The highest BCUT2D eigenvalue weighted by atomic mass is 28.4. The fourth-order valence-electron chi connectivity index (χ4n) is 4.55. The van der Waals surface area contributed by atoms with Crippen LogP contribution >= 0.6 is 0 Å². The zero-order valence-electron chi connectivity index (χ0n) is 23.5. The monoisotopic (exact) mass is 548 g/mol. The molecule has 38 heavy (non-hydrogen) atoms. The normalized spacial score (nSPS) is 15.5. The van der Waals surface area contributed by atoms with Crippen LogP contribution in [-0.2, 0) is 28.2 Å². The summed E-state index contributed by atoms with van der Waals surface area (Å²) in [5, 5.41) is 5.02. The molecular weight excluding hydrogens is 509 g/mol. The molecule has 0 N–H and O–H groups in total. The highest BCUT2D eigenvalue weighted by Crippen LogP contribution is 2.37. The molecule has 208 valence electrons. The van der Waals surface area contributed by atoms with Crippen molar-refractivity contribution in [2.24, 2.45) is 0 Å². The first kappa shape index (κ1) is 28.6. The predicted molar refractivity (Wildman–Crippen MR) is 147 cm³/mol. The lowest BCUT2D eigenvalue weighted by Crippen LogP contribution is -2.41. The quantitative estimate of drug-likeness (QED) is 0.322. The van der Waals surface area contributed by atoms with Crippen molar-refractivity contribution in [2.75, 3.05) is 37.8 Å². The highest BCUT2D eigenvalue weighted by molar-refractivity contribution is 6.74. The number of ether oxygens (including phenoxy) is 1. The number of aryl methyl sites for hydroxylation is 1. The summed E-state index contributed by atoms with van der Waals surface area (Å²) in [4.78, 5) is 7.12. The number of rotatable bonds is 7. The van der Waals surface area contributed by atoms with E-state index < -0.39 is 20.1 Å². The lowest BCUT2D eigenvalue weighted by molar-refractivity contribution is -0.138. The molecule has 1 saturated heterocycles. The maximum Gasteiger partial charge on any atom is 0.416 e. The summed E-state index contributed by atoms with van der Waals surface area (Å²) >= 11 is 0. The second-order valence-corrected chi connectivity index (χ2v) is 16.5. The molecule has 1 aromatic carbocycles. The summed E-state index contributed by atoms with van der Waals surface area (Å²) in [6.45, 7) is 17.8. The van der Waals surface area contributed by atoms with E-state index in [4.69, 9.17) is 19.2 Å². The maximum absolute atomic E-state index is 13.7. The topological polar surface area (TPSA) is 51.9 Å². The number of aromatic nitrogens is 3. The van der Waals surface area contributed by atoms with Gasteiger partial charge in [-0.25, -0.2) is 9.50 Å². The molecule has 10 heteroatoms. The average Bonchev–Trinajstić information content (AvgIpc) is 3.17. The van der Waals surface area contributed by atoms with E-state index in [1.165, 1.54) is 6.07 Å².